The van der Waals surface area contributed by atoms with Crippen LogP contribution in [0.3, 0.4) is 0 Å². The lowest BCUT2D eigenvalue weighted by molar-refractivity contribution is 0.0778. The van der Waals surface area contributed by atoms with E-state index in [1.165, 1.54) is 21.3 Å². The van der Waals surface area contributed by atoms with Gasteiger partial charge in [-0.3, -0.25) is 4.79 Å². The summed E-state index contributed by atoms with van der Waals surface area (Å²) >= 11 is 6.03. The van der Waals surface area contributed by atoms with Gasteiger partial charge in [0.2, 0.25) is 5.75 Å². The molecule has 1 fully saturated rings. The second-order valence-corrected chi connectivity index (χ2v) is 7.59. The normalized spacial score (nSPS) is 18.6. The van der Waals surface area contributed by atoms with E-state index >= 15 is 0 Å². The molecule has 2 aromatic rings. The van der Waals surface area contributed by atoms with Crippen LogP contribution >= 0.6 is 11.6 Å². The third kappa shape index (κ3) is 4.14. The average Bonchev–Trinajstić information content (AvgIpc) is 3.17. The molecule has 1 unspecified atom stereocenters. The summed E-state index contributed by atoms with van der Waals surface area (Å²) in [4.78, 5) is 15.1. The van der Waals surface area contributed by atoms with Crippen LogP contribution in [0.4, 0.5) is 0 Å². The van der Waals surface area contributed by atoms with Crippen molar-refractivity contribution in [2.75, 3.05) is 41.0 Å². The molecular formula is C22H26ClNO5. The van der Waals surface area contributed by atoms with Crippen LogP contribution in [0.25, 0.3) is 0 Å². The van der Waals surface area contributed by atoms with E-state index in [1.54, 1.807) is 12.1 Å². The van der Waals surface area contributed by atoms with Crippen LogP contribution in [-0.2, 0) is 5.41 Å². The van der Waals surface area contributed by atoms with E-state index in [0.717, 1.165) is 12.0 Å². The van der Waals surface area contributed by atoms with Crippen molar-refractivity contribution < 1.29 is 24.1 Å². The Labute approximate surface area is 175 Å². The highest BCUT2D eigenvalue weighted by Gasteiger charge is 2.41. The number of methoxy groups -OCH3 is 3. The summed E-state index contributed by atoms with van der Waals surface area (Å²) in [7, 11) is 4.57. The number of hydrogen-bond acceptors (Lipinski definition) is 5. The molecule has 1 aliphatic rings. The van der Waals surface area contributed by atoms with Gasteiger partial charge in [0.15, 0.2) is 11.5 Å². The summed E-state index contributed by atoms with van der Waals surface area (Å²) in [5.41, 5.74) is 1.25. The summed E-state index contributed by atoms with van der Waals surface area (Å²) in [6, 6.07) is 11.0. The number of aliphatic hydroxyl groups is 1. The van der Waals surface area contributed by atoms with Gasteiger partial charge < -0.3 is 24.2 Å². The SMILES string of the molecule is COc1cc(C(=O)N2CCC(CCO)(c3ccc(Cl)cc3)C2)cc(OC)c1OC. The van der Waals surface area contributed by atoms with Crippen molar-refractivity contribution in [3.8, 4) is 17.2 Å². The lowest BCUT2D eigenvalue weighted by Gasteiger charge is -2.29. The van der Waals surface area contributed by atoms with Gasteiger partial charge in [0, 0.05) is 35.7 Å². The minimum absolute atomic E-state index is 0.0504. The van der Waals surface area contributed by atoms with E-state index in [4.69, 9.17) is 25.8 Å². The molecular weight excluding hydrogens is 394 g/mol. The summed E-state index contributed by atoms with van der Waals surface area (Å²) in [5.74, 6) is 1.21. The van der Waals surface area contributed by atoms with Crippen LogP contribution < -0.4 is 14.2 Å². The van der Waals surface area contributed by atoms with Crippen molar-refractivity contribution in [2.45, 2.75) is 18.3 Å². The zero-order chi connectivity index (χ0) is 21.0. The first-order valence-corrected chi connectivity index (χ1v) is 9.82. The Balaban J connectivity index is 1.90. The molecule has 1 heterocycles. The average molecular weight is 420 g/mol. The van der Waals surface area contributed by atoms with Crippen LogP contribution in [0, 0.1) is 0 Å². The highest BCUT2D eigenvalue weighted by molar-refractivity contribution is 6.30. The van der Waals surface area contributed by atoms with Crippen molar-refractivity contribution in [3.63, 3.8) is 0 Å². The quantitative estimate of drug-likeness (QED) is 0.743. The Morgan fingerprint density at radius 3 is 2.24 bits per heavy atom. The smallest absolute Gasteiger partial charge is 0.254 e. The predicted molar refractivity (Wildman–Crippen MR) is 111 cm³/mol. The van der Waals surface area contributed by atoms with Crippen LogP contribution in [-0.4, -0.2) is 56.9 Å². The molecule has 7 heteroatoms. The predicted octanol–water partition coefficient (Wildman–Crippen LogP) is 3.53. The maximum absolute atomic E-state index is 13.3. The molecule has 2 aromatic carbocycles. The van der Waals surface area contributed by atoms with E-state index in [0.29, 0.717) is 47.3 Å². The molecule has 1 atom stereocenters. The summed E-state index contributed by atoms with van der Waals surface area (Å²) in [5, 5.41) is 10.3. The maximum atomic E-state index is 13.3. The summed E-state index contributed by atoms with van der Waals surface area (Å²) in [6.07, 6.45) is 1.35. The van der Waals surface area contributed by atoms with E-state index in [1.807, 2.05) is 29.2 Å². The minimum Gasteiger partial charge on any atom is -0.493 e. The number of carbonyl (C=O) groups is 1. The second kappa shape index (κ2) is 8.93. The van der Waals surface area contributed by atoms with E-state index < -0.39 is 0 Å². The highest BCUT2D eigenvalue weighted by Crippen LogP contribution is 2.41. The number of nitrogens with zero attached hydrogens (tertiary/aromatic N) is 1. The first-order valence-electron chi connectivity index (χ1n) is 9.44. The number of amides is 1. The Hall–Kier alpha value is -2.44. The molecule has 29 heavy (non-hydrogen) atoms. The molecule has 156 valence electrons. The summed E-state index contributed by atoms with van der Waals surface area (Å²) in [6.45, 7) is 1.16. The Morgan fingerprint density at radius 2 is 1.72 bits per heavy atom. The van der Waals surface area contributed by atoms with Gasteiger partial charge in [-0.05, 0) is 42.7 Å². The van der Waals surface area contributed by atoms with Crippen LogP contribution in [0.1, 0.15) is 28.8 Å². The monoisotopic (exact) mass is 419 g/mol. The molecule has 0 radical (unpaired) electrons. The largest absolute Gasteiger partial charge is 0.493 e. The minimum atomic E-state index is -0.296. The number of rotatable bonds is 7. The number of hydrogen-bond donors (Lipinski definition) is 1. The van der Waals surface area contributed by atoms with E-state index in [2.05, 4.69) is 0 Å². The lowest BCUT2D eigenvalue weighted by atomic mass is 9.77. The number of ether oxygens (including phenoxy) is 3. The number of halogens is 1. The molecule has 0 bridgehead atoms. The van der Waals surface area contributed by atoms with Crippen LogP contribution in [0.2, 0.25) is 5.02 Å². The van der Waals surface area contributed by atoms with E-state index in [-0.39, 0.29) is 17.9 Å². The first-order chi connectivity index (χ1) is 14.0. The second-order valence-electron chi connectivity index (χ2n) is 7.15. The van der Waals surface area contributed by atoms with Crippen LogP contribution in [0.5, 0.6) is 17.2 Å². The van der Waals surface area contributed by atoms with E-state index in [9.17, 15) is 9.90 Å². The molecule has 6 nitrogen and oxygen atoms in total. The molecule has 1 saturated heterocycles. The van der Waals surface area contributed by atoms with Gasteiger partial charge in [-0.25, -0.2) is 0 Å². The number of aliphatic hydroxyl groups excluding tert-OH is 1. The molecule has 1 amide bonds. The van der Waals surface area contributed by atoms with Gasteiger partial charge in [-0.1, -0.05) is 23.7 Å². The third-order valence-electron chi connectivity index (χ3n) is 5.60. The Kier molecular flexibility index (Phi) is 6.55. The highest BCUT2D eigenvalue weighted by atomic mass is 35.5. The van der Waals surface area contributed by atoms with Crippen molar-refractivity contribution in [2.24, 2.45) is 0 Å². The first kappa shape index (κ1) is 21.3. The fourth-order valence-electron chi connectivity index (χ4n) is 4.03. The standard InChI is InChI=1S/C22H26ClNO5/c1-27-18-12-15(13-19(28-2)20(18)29-3)21(26)24-10-8-22(14-24,9-11-25)16-4-6-17(23)7-5-16/h4-7,12-13,25H,8-11,14H2,1-3H3. The van der Waals surface area contributed by atoms with Gasteiger partial charge in [-0.15, -0.1) is 0 Å². The van der Waals surface area contributed by atoms with Crippen molar-refractivity contribution >= 4 is 17.5 Å². The number of benzene rings is 2. The lowest BCUT2D eigenvalue weighted by Crippen LogP contribution is -2.35. The fraction of sp³-hybridized carbons (Fsp3) is 0.409. The summed E-state index contributed by atoms with van der Waals surface area (Å²) < 4.78 is 16.1. The Morgan fingerprint density at radius 1 is 1.10 bits per heavy atom. The number of carbonyl (C=O) groups excluding carboxylic acids is 1. The fourth-order valence-corrected chi connectivity index (χ4v) is 4.16. The van der Waals surface area contributed by atoms with Gasteiger partial charge in [0.05, 0.1) is 21.3 Å². The zero-order valence-electron chi connectivity index (χ0n) is 16.9. The third-order valence-corrected chi connectivity index (χ3v) is 5.85. The number of likely N-dealkylation sites (tertiary alicyclic amines) is 1. The zero-order valence-corrected chi connectivity index (χ0v) is 17.7. The molecule has 0 spiro atoms. The molecule has 0 aromatic heterocycles. The van der Waals surface area contributed by atoms with Gasteiger partial charge in [0.25, 0.3) is 5.91 Å². The maximum Gasteiger partial charge on any atom is 0.254 e. The Bertz CT molecular complexity index is 845. The van der Waals surface area contributed by atoms with Gasteiger partial charge in [0.1, 0.15) is 0 Å². The van der Waals surface area contributed by atoms with Gasteiger partial charge in [-0.2, -0.15) is 0 Å². The molecule has 0 aliphatic carbocycles. The van der Waals surface area contributed by atoms with Crippen molar-refractivity contribution in [3.05, 3.63) is 52.5 Å². The van der Waals surface area contributed by atoms with Gasteiger partial charge >= 0.3 is 0 Å². The molecule has 1 N–H and O–H groups in total. The molecule has 0 saturated carbocycles. The molecule has 3 rings (SSSR count). The van der Waals surface area contributed by atoms with Crippen LogP contribution in [0.15, 0.2) is 36.4 Å². The molecule has 1 aliphatic heterocycles. The van der Waals surface area contributed by atoms with Crippen molar-refractivity contribution in [1.29, 1.82) is 0 Å². The topological polar surface area (TPSA) is 68.2 Å². The van der Waals surface area contributed by atoms with Crippen molar-refractivity contribution in [1.82, 2.24) is 4.90 Å².